The summed E-state index contributed by atoms with van der Waals surface area (Å²) in [6, 6.07) is 8.87. The third-order valence-corrected chi connectivity index (χ3v) is 3.70. The van der Waals surface area contributed by atoms with Crippen molar-refractivity contribution in [2.45, 2.75) is 34.1 Å². The number of ether oxygens (including phenoxy) is 2. The number of methoxy groups -OCH3 is 1. The van der Waals surface area contributed by atoms with E-state index in [4.69, 9.17) is 9.47 Å². The van der Waals surface area contributed by atoms with Crippen LogP contribution in [0.2, 0.25) is 0 Å². The standard InChI is InChI=1S/C19H16O4.2C2H6/c1-22-19(21)14-8-7-13-9-10-17-18(15(13)12-14)16(20)6-4-2-3-5-11-23-17;2*1-2/h2-5,7-10,12H,6,11H2,1H3;2*1-2H3/b4-2-,5-3-;;. The van der Waals surface area contributed by atoms with Gasteiger partial charge in [-0.2, -0.15) is 0 Å². The van der Waals surface area contributed by atoms with Gasteiger partial charge in [-0.15, -0.1) is 0 Å². The Morgan fingerprint density at radius 1 is 1.00 bits per heavy atom. The Labute approximate surface area is 161 Å². The molecule has 27 heavy (non-hydrogen) atoms. The molecule has 3 rings (SSSR count). The van der Waals surface area contributed by atoms with Gasteiger partial charge >= 0.3 is 5.97 Å². The van der Waals surface area contributed by atoms with Crippen LogP contribution in [0.15, 0.2) is 54.6 Å². The molecule has 4 heteroatoms. The molecule has 0 N–H and O–H groups in total. The third kappa shape index (κ3) is 5.55. The number of benzene rings is 2. The molecule has 0 bridgehead atoms. The van der Waals surface area contributed by atoms with Gasteiger partial charge in [0.25, 0.3) is 0 Å². The van der Waals surface area contributed by atoms with E-state index in [9.17, 15) is 9.59 Å². The second kappa shape index (κ2) is 11.7. The average Bonchev–Trinajstić information content (AvgIpc) is 2.74. The molecule has 0 atom stereocenters. The Kier molecular flexibility index (Phi) is 9.59. The molecule has 0 spiro atoms. The lowest BCUT2D eigenvalue weighted by Crippen LogP contribution is -2.07. The Morgan fingerprint density at radius 2 is 1.67 bits per heavy atom. The molecular formula is C23H28O4. The zero-order valence-electron chi connectivity index (χ0n) is 16.7. The van der Waals surface area contributed by atoms with E-state index < -0.39 is 5.97 Å². The van der Waals surface area contributed by atoms with Crippen LogP contribution in [-0.2, 0) is 4.74 Å². The molecule has 0 saturated heterocycles. The summed E-state index contributed by atoms with van der Waals surface area (Å²) < 4.78 is 10.5. The number of rotatable bonds is 1. The lowest BCUT2D eigenvalue weighted by Gasteiger charge is -2.13. The SMILES string of the molecule is CC.CC.COC(=O)c1ccc2ccc3c(c2c1)C(=O)C/C=C\C=C/CO3. The van der Waals surface area contributed by atoms with Crippen molar-refractivity contribution in [3.8, 4) is 5.75 Å². The molecule has 0 saturated carbocycles. The van der Waals surface area contributed by atoms with Gasteiger partial charge in [0, 0.05) is 6.42 Å². The van der Waals surface area contributed by atoms with E-state index in [0.29, 0.717) is 28.9 Å². The van der Waals surface area contributed by atoms with Crippen LogP contribution < -0.4 is 4.74 Å². The van der Waals surface area contributed by atoms with Gasteiger partial charge < -0.3 is 9.47 Å². The second-order valence-electron chi connectivity index (χ2n) is 5.16. The predicted octanol–water partition coefficient (Wildman–Crippen LogP) is 5.76. The van der Waals surface area contributed by atoms with Crippen LogP contribution in [0.1, 0.15) is 54.8 Å². The van der Waals surface area contributed by atoms with Crippen molar-refractivity contribution in [1.29, 1.82) is 0 Å². The summed E-state index contributed by atoms with van der Waals surface area (Å²) in [4.78, 5) is 24.4. The van der Waals surface area contributed by atoms with E-state index in [1.807, 2.05) is 64.1 Å². The predicted molar refractivity (Wildman–Crippen MR) is 111 cm³/mol. The summed E-state index contributed by atoms with van der Waals surface area (Å²) in [6.45, 7) is 8.38. The molecule has 0 fully saturated rings. The van der Waals surface area contributed by atoms with Gasteiger partial charge in [0.05, 0.1) is 18.2 Å². The first kappa shape index (κ1) is 22.2. The van der Waals surface area contributed by atoms with Gasteiger partial charge in [-0.1, -0.05) is 58.1 Å². The minimum atomic E-state index is -0.430. The fraction of sp³-hybridized carbons (Fsp3) is 0.304. The fourth-order valence-corrected chi connectivity index (χ4v) is 2.58. The topological polar surface area (TPSA) is 52.6 Å². The summed E-state index contributed by atoms with van der Waals surface area (Å²) in [7, 11) is 1.33. The number of ketones is 1. The van der Waals surface area contributed by atoms with E-state index in [0.717, 1.165) is 5.39 Å². The Balaban J connectivity index is 0.000000855. The van der Waals surface area contributed by atoms with Crippen molar-refractivity contribution < 1.29 is 19.1 Å². The maximum absolute atomic E-state index is 12.6. The van der Waals surface area contributed by atoms with Gasteiger partial charge in [-0.25, -0.2) is 4.79 Å². The molecule has 2 aromatic carbocycles. The monoisotopic (exact) mass is 368 g/mol. The van der Waals surface area contributed by atoms with Gasteiger partial charge in [0.1, 0.15) is 12.4 Å². The Bertz CT molecular complexity index is 832. The van der Waals surface area contributed by atoms with Crippen molar-refractivity contribution >= 4 is 22.5 Å². The van der Waals surface area contributed by atoms with Crippen LogP contribution in [0, 0.1) is 0 Å². The van der Waals surface area contributed by atoms with Crippen LogP contribution in [0.4, 0.5) is 0 Å². The molecule has 0 unspecified atom stereocenters. The molecule has 0 aromatic heterocycles. The molecule has 0 aliphatic carbocycles. The second-order valence-corrected chi connectivity index (χ2v) is 5.16. The molecule has 1 heterocycles. The summed E-state index contributed by atoms with van der Waals surface area (Å²) in [5, 5.41) is 1.58. The first-order valence-corrected chi connectivity index (χ1v) is 9.33. The zero-order valence-corrected chi connectivity index (χ0v) is 16.7. The first-order valence-electron chi connectivity index (χ1n) is 9.33. The molecule has 0 amide bonds. The van der Waals surface area contributed by atoms with E-state index in [2.05, 4.69) is 0 Å². The summed E-state index contributed by atoms with van der Waals surface area (Å²) in [5.74, 6) is 0.0594. The minimum absolute atomic E-state index is 0.0424. The highest BCUT2D eigenvalue weighted by molar-refractivity contribution is 6.12. The van der Waals surface area contributed by atoms with E-state index in [-0.39, 0.29) is 12.2 Å². The number of carbonyl (C=O) groups is 2. The minimum Gasteiger partial charge on any atom is -0.489 e. The highest BCUT2D eigenvalue weighted by Crippen LogP contribution is 2.31. The van der Waals surface area contributed by atoms with Crippen LogP contribution >= 0.6 is 0 Å². The maximum Gasteiger partial charge on any atom is 0.337 e. The molecule has 144 valence electrons. The maximum atomic E-state index is 12.6. The number of esters is 1. The lowest BCUT2D eigenvalue weighted by atomic mass is 9.96. The quantitative estimate of drug-likeness (QED) is 0.601. The summed E-state index contributed by atoms with van der Waals surface area (Å²) >= 11 is 0. The molecule has 0 radical (unpaired) electrons. The van der Waals surface area contributed by atoms with Gasteiger partial charge in [0.15, 0.2) is 5.78 Å². The summed E-state index contributed by atoms with van der Waals surface area (Å²) in [5.41, 5.74) is 0.918. The highest BCUT2D eigenvalue weighted by Gasteiger charge is 2.18. The molecule has 4 nitrogen and oxygen atoms in total. The Morgan fingerprint density at radius 3 is 2.37 bits per heavy atom. The molecule has 2 aromatic rings. The number of fused-ring (bicyclic) bond motifs is 3. The van der Waals surface area contributed by atoms with E-state index in [1.165, 1.54) is 7.11 Å². The smallest absolute Gasteiger partial charge is 0.337 e. The number of hydrogen-bond acceptors (Lipinski definition) is 4. The molecule has 1 aliphatic rings. The van der Waals surface area contributed by atoms with Gasteiger partial charge in [-0.05, 0) is 35.0 Å². The number of hydrogen-bond donors (Lipinski definition) is 0. The molecular weight excluding hydrogens is 340 g/mol. The van der Waals surface area contributed by atoms with Crippen molar-refractivity contribution in [1.82, 2.24) is 0 Å². The lowest BCUT2D eigenvalue weighted by molar-refractivity contribution is 0.0600. The van der Waals surface area contributed by atoms with Crippen LogP contribution in [0.3, 0.4) is 0 Å². The van der Waals surface area contributed by atoms with Crippen molar-refractivity contribution in [2.75, 3.05) is 13.7 Å². The Hall–Kier alpha value is -2.88. The zero-order chi connectivity index (χ0) is 20.2. The van der Waals surface area contributed by atoms with Crippen molar-refractivity contribution in [3.63, 3.8) is 0 Å². The normalized spacial score (nSPS) is 14.9. The number of Topliss-reactive ketones (excluding diaryl/α,β-unsaturated/α-hetero) is 1. The largest absolute Gasteiger partial charge is 0.489 e. The number of carbonyl (C=O) groups excluding carboxylic acids is 2. The van der Waals surface area contributed by atoms with E-state index in [1.54, 1.807) is 18.2 Å². The van der Waals surface area contributed by atoms with Crippen LogP contribution in [0.25, 0.3) is 10.8 Å². The average molecular weight is 368 g/mol. The van der Waals surface area contributed by atoms with Gasteiger partial charge in [-0.3, -0.25) is 4.79 Å². The third-order valence-electron chi connectivity index (χ3n) is 3.70. The van der Waals surface area contributed by atoms with Crippen LogP contribution in [-0.4, -0.2) is 25.5 Å². The van der Waals surface area contributed by atoms with Crippen molar-refractivity contribution in [2.24, 2.45) is 0 Å². The van der Waals surface area contributed by atoms with Crippen LogP contribution in [0.5, 0.6) is 5.75 Å². The van der Waals surface area contributed by atoms with E-state index >= 15 is 0 Å². The van der Waals surface area contributed by atoms with Gasteiger partial charge in [0.2, 0.25) is 0 Å². The van der Waals surface area contributed by atoms with Crippen molar-refractivity contribution in [3.05, 3.63) is 65.8 Å². The highest BCUT2D eigenvalue weighted by atomic mass is 16.5. The first-order chi connectivity index (χ1) is 13.2. The summed E-state index contributed by atoms with van der Waals surface area (Å²) in [6.07, 6.45) is 7.66. The molecule has 1 aliphatic heterocycles. The number of allylic oxidation sites excluding steroid dienone is 3. The fourth-order valence-electron chi connectivity index (χ4n) is 2.58.